The van der Waals surface area contributed by atoms with Crippen molar-refractivity contribution in [2.45, 2.75) is 44.6 Å². The van der Waals surface area contributed by atoms with Gasteiger partial charge in [-0.1, -0.05) is 25.4 Å². The quantitative estimate of drug-likeness (QED) is 0.638. The van der Waals surface area contributed by atoms with Gasteiger partial charge < -0.3 is 9.64 Å². The van der Waals surface area contributed by atoms with Gasteiger partial charge in [0, 0.05) is 26.2 Å². The van der Waals surface area contributed by atoms with Crippen LogP contribution in [0.5, 0.6) is 0 Å². The van der Waals surface area contributed by atoms with Crippen LogP contribution >= 0.6 is 11.6 Å². The number of sulfonamides is 1. The van der Waals surface area contributed by atoms with Crippen molar-refractivity contribution in [3.8, 4) is 0 Å². The summed E-state index contributed by atoms with van der Waals surface area (Å²) in [7, 11) is -3.83. The Morgan fingerprint density at radius 1 is 1.22 bits per heavy atom. The van der Waals surface area contributed by atoms with E-state index in [2.05, 4.69) is 0 Å². The zero-order valence-corrected chi connectivity index (χ0v) is 17.3. The van der Waals surface area contributed by atoms with Crippen molar-refractivity contribution in [3.05, 3.63) is 28.8 Å². The third-order valence-electron chi connectivity index (χ3n) is 4.54. The molecule has 0 radical (unpaired) electrons. The third-order valence-corrected chi connectivity index (χ3v) is 7.07. The molecule has 27 heavy (non-hydrogen) atoms. The summed E-state index contributed by atoms with van der Waals surface area (Å²) in [4.78, 5) is 26.2. The number of ether oxygens (including phenoxy) is 1. The maximum Gasteiger partial charge on any atom is 0.338 e. The fourth-order valence-electron chi connectivity index (χ4n) is 3.00. The van der Waals surface area contributed by atoms with Gasteiger partial charge in [-0.15, -0.1) is 0 Å². The summed E-state index contributed by atoms with van der Waals surface area (Å²) in [6, 6.07) is 3.94. The minimum absolute atomic E-state index is 0.0274. The average Bonchev–Trinajstić information content (AvgIpc) is 3.16. The van der Waals surface area contributed by atoms with Crippen LogP contribution in [0.25, 0.3) is 0 Å². The van der Waals surface area contributed by atoms with Gasteiger partial charge in [-0.05, 0) is 38.0 Å². The van der Waals surface area contributed by atoms with Crippen LogP contribution in [0.3, 0.4) is 0 Å². The van der Waals surface area contributed by atoms with E-state index < -0.39 is 22.1 Å². The maximum atomic E-state index is 12.7. The van der Waals surface area contributed by atoms with Crippen LogP contribution in [0.1, 0.15) is 44.0 Å². The first-order chi connectivity index (χ1) is 12.7. The Hall–Kier alpha value is -1.64. The molecule has 7 nitrogen and oxygen atoms in total. The molecule has 0 saturated carbocycles. The first-order valence-electron chi connectivity index (χ1n) is 9.01. The van der Waals surface area contributed by atoms with Crippen molar-refractivity contribution in [1.82, 2.24) is 9.21 Å². The smallest absolute Gasteiger partial charge is 0.338 e. The van der Waals surface area contributed by atoms with Crippen molar-refractivity contribution >= 4 is 33.5 Å². The lowest BCUT2D eigenvalue weighted by molar-refractivity contribution is -0.138. The lowest BCUT2D eigenvalue weighted by Gasteiger charge is -2.21. The van der Waals surface area contributed by atoms with E-state index in [1.54, 1.807) is 18.7 Å². The first kappa shape index (κ1) is 21.7. The number of rotatable bonds is 7. The molecule has 1 aromatic rings. The number of nitrogens with zero attached hydrogens (tertiary/aromatic N) is 2. The summed E-state index contributed by atoms with van der Waals surface area (Å²) < 4.78 is 31.9. The molecule has 1 aromatic carbocycles. The van der Waals surface area contributed by atoms with Crippen molar-refractivity contribution < 1.29 is 22.7 Å². The van der Waals surface area contributed by atoms with Crippen molar-refractivity contribution in [3.63, 3.8) is 0 Å². The molecule has 0 aliphatic carbocycles. The van der Waals surface area contributed by atoms with Gasteiger partial charge in [-0.25, -0.2) is 13.2 Å². The first-order valence-corrected chi connectivity index (χ1v) is 10.8. The Labute approximate surface area is 165 Å². The highest BCUT2D eigenvalue weighted by Crippen LogP contribution is 2.26. The predicted octanol–water partition coefficient (Wildman–Crippen LogP) is 2.54. The average molecular weight is 417 g/mol. The topological polar surface area (TPSA) is 84.0 Å². The number of likely N-dealkylation sites (tertiary alicyclic amines) is 1. The number of halogens is 1. The molecular weight excluding hydrogens is 392 g/mol. The van der Waals surface area contributed by atoms with Crippen molar-refractivity contribution in [2.24, 2.45) is 0 Å². The minimum atomic E-state index is -3.83. The number of amides is 1. The Morgan fingerprint density at radius 2 is 1.81 bits per heavy atom. The van der Waals surface area contributed by atoms with Gasteiger partial charge in [-0.3, -0.25) is 4.79 Å². The number of carbonyl (C=O) groups excluding carboxylic acids is 2. The van der Waals surface area contributed by atoms with Crippen LogP contribution in [-0.4, -0.2) is 61.8 Å². The number of esters is 1. The largest absolute Gasteiger partial charge is 0.449 e. The van der Waals surface area contributed by atoms with Gasteiger partial charge in [0.05, 0.1) is 10.6 Å². The summed E-state index contributed by atoms with van der Waals surface area (Å²) in [5, 5.41) is 0.0274. The predicted molar refractivity (Wildman–Crippen MR) is 102 cm³/mol. The Bertz CT molecular complexity index is 802. The molecule has 1 heterocycles. The van der Waals surface area contributed by atoms with Crippen molar-refractivity contribution in [2.75, 3.05) is 26.2 Å². The zero-order valence-electron chi connectivity index (χ0n) is 15.8. The fourth-order valence-corrected chi connectivity index (χ4v) is 4.96. The summed E-state index contributed by atoms with van der Waals surface area (Å²) in [5.74, 6) is -1.01. The van der Waals surface area contributed by atoms with Crippen molar-refractivity contribution in [1.29, 1.82) is 0 Å². The van der Waals surface area contributed by atoms with Crippen LogP contribution in [0.2, 0.25) is 5.02 Å². The molecule has 0 unspecified atom stereocenters. The normalized spacial score (nSPS) is 15.8. The summed E-state index contributed by atoms with van der Waals surface area (Å²) in [6.07, 6.45) is 0.945. The van der Waals surface area contributed by atoms with E-state index in [9.17, 15) is 18.0 Å². The minimum Gasteiger partial charge on any atom is -0.449 e. The van der Waals surface area contributed by atoms with E-state index in [4.69, 9.17) is 16.3 Å². The monoisotopic (exact) mass is 416 g/mol. The number of benzene rings is 1. The van der Waals surface area contributed by atoms with Crippen LogP contribution in [0.4, 0.5) is 0 Å². The molecule has 1 amide bonds. The van der Waals surface area contributed by atoms with Gasteiger partial charge in [0.25, 0.3) is 5.91 Å². The van der Waals surface area contributed by atoms with Crippen LogP contribution in [-0.2, 0) is 19.6 Å². The van der Waals surface area contributed by atoms with Gasteiger partial charge in [0.15, 0.2) is 6.10 Å². The van der Waals surface area contributed by atoms with E-state index in [-0.39, 0.29) is 34.5 Å². The zero-order chi connectivity index (χ0) is 20.2. The highest BCUT2D eigenvalue weighted by Gasteiger charge is 2.28. The van der Waals surface area contributed by atoms with E-state index in [1.165, 1.54) is 29.4 Å². The molecule has 1 fully saturated rings. The van der Waals surface area contributed by atoms with E-state index >= 15 is 0 Å². The van der Waals surface area contributed by atoms with Gasteiger partial charge in [-0.2, -0.15) is 4.31 Å². The molecule has 0 spiro atoms. The van der Waals surface area contributed by atoms with E-state index in [0.717, 1.165) is 12.8 Å². The SMILES string of the molecule is CCN(CC)S(=O)(=O)c1cc(C(=O)O[C@H](C)C(=O)N2CCCC2)ccc1Cl. The molecule has 1 saturated heterocycles. The molecule has 2 rings (SSSR count). The van der Waals surface area contributed by atoms with E-state index in [0.29, 0.717) is 13.1 Å². The number of hydrogen-bond acceptors (Lipinski definition) is 5. The van der Waals surface area contributed by atoms with Crippen LogP contribution in [0.15, 0.2) is 23.1 Å². The van der Waals surface area contributed by atoms with Crippen LogP contribution in [0, 0.1) is 0 Å². The molecule has 1 aliphatic rings. The summed E-state index contributed by atoms with van der Waals surface area (Å²) in [5.41, 5.74) is 0.0335. The van der Waals surface area contributed by atoms with Gasteiger partial charge in [0.1, 0.15) is 4.90 Å². The molecule has 150 valence electrons. The molecular formula is C18H25ClN2O5S. The lowest BCUT2D eigenvalue weighted by Crippen LogP contribution is -2.38. The third kappa shape index (κ3) is 4.80. The Balaban J connectivity index is 2.21. The number of carbonyl (C=O) groups is 2. The highest BCUT2D eigenvalue weighted by molar-refractivity contribution is 7.89. The summed E-state index contributed by atoms with van der Waals surface area (Å²) in [6.45, 7) is 6.84. The molecule has 0 bridgehead atoms. The molecule has 1 aliphatic heterocycles. The molecule has 0 N–H and O–H groups in total. The Kier molecular flexibility index (Phi) is 7.25. The molecule has 1 atom stereocenters. The second-order valence-corrected chi connectivity index (χ2v) is 8.63. The van der Waals surface area contributed by atoms with E-state index in [1.807, 2.05) is 0 Å². The molecule has 9 heteroatoms. The Morgan fingerprint density at radius 3 is 2.37 bits per heavy atom. The fraction of sp³-hybridized carbons (Fsp3) is 0.556. The second-order valence-electron chi connectivity index (χ2n) is 6.31. The highest BCUT2D eigenvalue weighted by atomic mass is 35.5. The maximum absolute atomic E-state index is 12.7. The van der Waals surface area contributed by atoms with Gasteiger partial charge in [0.2, 0.25) is 10.0 Å². The van der Waals surface area contributed by atoms with Crippen LogP contribution < -0.4 is 0 Å². The summed E-state index contributed by atoms with van der Waals surface area (Å²) >= 11 is 6.07. The lowest BCUT2D eigenvalue weighted by atomic mass is 10.2. The number of hydrogen-bond donors (Lipinski definition) is 0. The second kappa shape index (κ2) is 9.03. The standard InChI is InChI=1S/C18H25ClN2O5S/c1-4-21(5-2)27(24,25)16-12-14(8-9-15(16)19)18(23)26-13(3)17(22)20-10-6-7-11-20/h8-9,12-13H,4-7,10-11H2,1-3H3/t13-/m1/s1. The molecule has 0 aromatic heterocycles. The van der Waals surface area contributed by atoms with Gasteiger partial charge >= 0.3 is 5.97 Å².